The molecule has 0 unspecified atom stereocenters. The number of hydrogen-bond acceptors (Lipinski definition) is 3. The van der Waals surface area contributed by atoms with Crippen LogP contribution in [-0.2, 0) is 9.84 Å². The third-order valence-corrected chi connectivity index (χ3v) is 5.60. The largest absolute Gasteiger partial charge is 0.399 e. The molecule has 1 aliphatic carbocycles. The fraction of sp³-hybridized carbons (Fsp3) is 0.500. The average molecular weight is 275 g/mol. The average Bonchev–Trinajstić information content (AvgIpc) is 2.28. The van der Waals surface area contributed by atoms with Crippen LogP contribution in [0.1, 0.15) is 32.1 Å². The summed E-state index contributed by atoms with van der Waals surface area (Å²) in [5.41, 5.74) is 5.16. The predicted octanol–water partition coefficient (Wildman–Crippen LogP) is 2.65. The monoisotopic (exact) mass is 275 g/mol. The molecule has 0 saturated heterocycles. The van der Waals surface area contributed by atoms with Crippen molar-refractivity contribution in [1.29, 1.82) is 0 Å². The second-order valence-corrected chi connectivity index (χ2v) is 6.78. The van der Waals surface area contributed by atoms with Gasteiger partial charge in [-0.1, -0.05) is 19.3 Å². The molecule has 0 aromatic heterocycles. The van der Waals surface area contributed by atoms with Gasteiger partial charge in [-0.25, -0.2) is 17.2 Å². The summed E-state index contributed by atoms with van der Waals surface area (Å²) in [5, 5.41) is -0.682. The third kappa shape index (κ3) is 2.34. The minimum Gasteiger partial charge on any atom is -0.399 e. The highest BCUT2D eigenvalue weighted by atomic mass is 32.2. The van der Waals surface area contributed by atoms with Crippen molar-refractivity contribution in [2.24, 2.45) is 0 Å². The zero-order valence-corrected chi connectivity index (χ0v) is 10.6. The fourth-order valence-corrected chi connectivity index (χ4v) is 4.34. The normalized spacial score (nSPS) is 17.9. The molecule has 0 bridgehead atoms. The highest BCUT2D eigenvalue weighted by molar-refractivity contribution is 7.92. The van der Waals surface area contributed by atoms with E-state index in [-0.39, 0.29) is 5.69 Å². The highest BCUT2D eigenvalue weighted by Crippen LogP contribution is 2.32. The van der Waals surface area contributed by atoms with E-state index in [2.05, 4.69) is 0 Å². The van der Waals surface area contributed by atoms with E-state index in [1.807, 2.05) is 0 Å². The van der Waals surface area contributed by atoms with Gasteiger partial charge in [-0.05, 0) is 25.0 Å². The maximum absolute atomic E-state index is 13.7. The van der Waals surface area contributed by atoms with Gasteiger partial charge in [-0.2, -0.15) is 0 Å². The van der Waals surface area contributed by atoms with Crippen molar-refractivity contribution in [2.75, 3.05) is 5.73 Å². The molecule has 3 nitrogen and oxygen atoms in total. The summed E-state index contributed by atoms with van der Waals surface area (Å²) < 4.78 is 51.8. The van der Waals surface area contributed by atoms with Crippen LogP contribution in [0.4, 0.5) is 14.5 Å². The van der Waals surface area contributed by atoms with Crippen molar-refractivity contribution in [2.45, 2.75) is 42.2 Å². The predicted molar refractivity (Wildman–Crippen MR) is 64.8 cm³/mol. The Hall–Kier alpha value is -1.17. The van der Waals surface area contributed by atoms with E-state index >= 15 is 0 Å². The summed E-state index contributed by atoms with van der Waals surface area (Å²) >= 11 is 0. The van der Waals surface area contributed by atoms with Crippen molar-refractivity contribution >= 4 is 15.5 Å². The summed E-state index contributed by atoms with van der Waals surface area (Å²) in [6.45, 7) is 0. The lowest BCUT2D eigenvalue weighted by atomic mass is 10.0. The molecule has 6 heteroatoms. The zero-order chi connectivity index (χ0) is 13.3. The van der Waals surface area contributed by atoms with Crippen LogP contribution in [0.2, 0.25) is 0 Å². The van der Waals surface area contributed by atoms with E-state index in [4.69, 9.17) is 5.73 Å². The molecule has 0 spiro atoms. The molecule has 0 atom stereocenters. The topological polar surface area (TPSA) is 60.2 Å². The Bertz CT molecular complexity index is 528. The van der Waals surface area contributed by atoms with Gasteiger partial charge in [-0.15, -0.1) is 0 Å². The van der Waals surface area contributed by atoms with Crippen molar-refractivity contribution in [1.82, 2.24) is 0 Å². The lowest BCUT2D eigenvalue weighted by Gasteiger charge is -2.22. The zero-order valence-electron chi connectivity index (χ0n) is 9.83. The van der Waals surface area contributed by atoms with E-state index in [9.17, 15) is 17.2 Å². The first-order valence-corrected chi connectivity index (χ1v) is 7.46. The molecule has 18 heavy (non-hydrogen) atoms. The first-order valence-electron chi connectivity index (χ1n) is 5.91. The molecule has 1 aromatic carbocycles. The number of anilines is 1. The Labute approximate surface area is 105 Å². The Balaban J connectivity index is 2.47. The van der Waals surface area contributed by atoms with Crippen LogP contribution in [0.3, 0.4) is 0 Å². The first-order chi connectivity index (χ1) is 8.43. The Morgan fingerprint density at radius 2 is 1.56 bits per heavy atom. The van der Waals surface area contributed by atoms with Gasteiger partial charge >= 0.3 is 0 Å². The van der Waals surface area contributed by atoms with Gasteiger partial charge < -0.3 is 5.73 Å². The molecule has 1 saturated carbocycles. The molecular weight excluding hydrogens is 260 g/mol. The lowest BCUT2D eigenvalue weighted by molar-refractivity contribution is 0.471. The second kappa shape index (κ2) is 4.84. The first kappa shape index (κ1) is 13.3. The number of nitrogen functional groups attached to an aromatic ring is 1. The van der Waals surface area contributed by atoms with Crippen LogP contribution in [0.25, 0.3) is 0 Å². The van der Waals surface area contributed by atoms with Gasteiger partial charge in [0.25, 0.3) is 0 Å². The van der Waals surface area contributed by atoms with E-state index < -0.39 is 31.6 Å². The number of halogens is 2. The van der Waals surface area contributed by atoms with Gasteiger partial charge in [0.15, 0.2) is 9.84 Å². The van der Waals surface area contributed by atoms with Crippen LogP contribution in [-0.4, -0.2) is 13.7 Å². The highest BCUT2D eigenvalue weighted by Gasteiger charge is 2.33. The van der Waals surface area contributed by atoms with Crippen molar-refractivity contribution < 1.29 is 17.2 Å². The number of benzene rings is 1. The van der Waals surface area contributed by atoms with E-state index in [1.165, 1.54) is 0 Å². The summed E-state index contributed by atoms with van der Waals surface area (Å²) in [7, 11) is -3.95. The molecular formula is C12H15F2NO2S. The molecule has 0 heterocycles. The maximum atomic E-state index is 13.7. The fourth-order valence-electron chi connectivity index (χ4n) is 2.39. The van der Waals surface area contributed by atoms with Crippen molar-refractivity contribution in [3.63, 3.8) is 0 Å². The van der Waals surface area contributed by atoms with Gasteiger partial charge in [-0.3, -0.25) is 0 Å². The van der Waals surface area contributed by atoms with Gasteiger partial charge in [0.1, 0.15) is 16.5 Å². The minimum atomic E-state index is -3.95. The number of sulfone groups is 1. The van der Waals surface area contributed by atoms with Crippen molar-refractivity contribution in [3.8, 4) is 0 Å². The van der Waals surface area contributed by atoms with Crippen LogP contribution in [0.5, 0.6) is 0 Å². The summed E-state index contributed by atoms with van der Waals surface area (Å²) in [4.78, 5) is -0.830. The van der Waals surface area contributed by atoms with Crippen molar-refractivity contribution in [3.05, 3.63) is 23.8 Å². The summed E-state index contributed by atoms with van der Waals surface area (Å²) in [6.07, 6.45) is 3.46. The molecule has 1 aliphatic rings. The molecule has 1 fully saturated rings. The lowest BCUT2D eigenvalue weighted by Crippen LogP contribution is -2.26. The van der Waals surface area contributed by atoms with Crippen LogP contribution >= 0.6 is 0 Å². The number of hydrogen-bond donors (Lipinski definition) is 1. The van der Waals surface area contributed by atoms with Crippen LogP contribution < -0.4 is 5.73 Å². The Morgan fingerprint density at radius 1 is 1.06 bits per heavy atom. The second-order valence-electron chi connectivity index (χ2n) is 4.62. The molecule has 2 rings (SSSR count). The van der Waals surface area contributed by atoms with Crippen LogP contribution in [0.15, 0.2) is 17.0 Å². The van der Waals surface area contributed by atoms with E-state index in [1.54, 1.807) is 0 Å². The molecule has 1 aromatic rings. The number of rotatable bonds is 2. The molecule has 0 amide bonds. The smallest absolute Gasteiger partial charge is 0.187 e. The van der Waals surface area contributed by atoms with E-state index in [0.717, 1.165) is 31.4 Å². The molecule has 2 N–H and O–H groups in total. The SMILES string of the molecule is Nc1cc(F)c(S(=O)(=O)C2CCCCC2)c(F)c1. The van der Waals surface area contributed by atoms with Gasteiger partial charge in [0, 0.05) is 5.69 Å². The van der Waals surface area contributed by atoms with E-state index in [0.29, 0.717) is 12.8 Å². The van der Waals surface area contributed by atoms with Gasteiger partial charge in [0.2, 0.25) is 0 Å². The molecule has 0 radical (unpaired) electrons. The molecule has 100 valence electrons. The summed E-state index contributed by atoms with van der Waals surface area (Å²) in [5.74, 6) is -2.20. The quantitative estimate of drug-likeness (QED) is 0.844. The third-order valence-electron chi connectivity index (χ3n) is 3.30. The molecule has 0 aliphatic heterocycles. The Morgan fingerprint density at radius 3 is 2.06 bits per heavy atom. The summed E-state index contributed by atoms with van der Waals surface area (Å²) in [6, 6.07) is 1.69. The minimum absolute atomic E-state index is 0.118. The maximum Gasteiger partial charge on any atom is 0.187 e. The van der Waals surface area contributed by atoms with Gasteiger partial charge in [0.05, 0.1) is 5.25 Å². The standard InChI is InChI=1S/C12H15F2NO2S/c13-10-6-8(15)7-11(14)12(10)18(16,17)9-4-2-1-3-5-9/h6-7,9H,1-5,15H2. The number of nitrogens with two attached hydrogens (primary N) is 1. The Kier molecular flexibility index (Phi) is 3.56. The van der Waals surface area contributed by atoms with Crippen LogP contribution in [0, 0.1) is 11.6 Å².